The van der Waals surface area contributed by atoms with Crippen molar-refractivity contribution in [2.24, 2.45) is 11.8 Å². The molecular formula is C35H44O5S. The fraction of sp³-hybridized carbons (Fsp3) is 0.486. The zero-order valence-electron chi connectivity index (χ0n) is 24.9. The first-order valence-corrected chi connectivity index (χ1v) is 15.8. The van der Waals surface area contributed by atoms with Crippen molar-refractivity contribution >= 4 is 23.1 Å². The van der Waals surface area contributed by atoms with E-state index in [4.69, 9.17) is 14.2 Å². The second kappa shape index (κ2) is 15.3. The van der Waals surface area contributed by atoms with E-state index in [2.05, 4.69) is 50.2 Å². The minimum absolute atomic E-state index is 0.0387. The summed E-state index contributed by atoms with van der Waals surface area (Å²) in [5.41, 5.74) is 3.59. The minimum atomic E-state index is -0.289. The molecule has 5 nitrogen and oxygen atoms in total. The van der Waals surface area contributed by atoms with E-state index in [9.17, 15) is 9.59 Å². The third-order valence-corrected chi connectivity index (χ3v) is 9.47. The van der Waals surface area contributed by atoms with Crippen LogP contribution < -0.4 is 4.74 Å². The Morgan fingerprint density at radius 2 is 1.73 bits per heavy atom. The van der Waals surface area contributed by atoms with Crippen molar-refractivity contribution in [1.82, 2.24) is 0 Å². The van der Waals surface area contributed by atoms with E-state index in [-0.39, 0.29) is 23.9 Å². The number of carbonyl (C=O) groups is 2. The number of aryl methyl sites for hydroxylation is 1. The van der Waals surface area contributed by atoms with Crippen LogP contribution in [0.4, 0.5) is 0 Å². The van der Waals surface area contributed by atoms with Gasteiger partial charge in [-0.15, -0.1) is 11.3 Å². The molecule has 6 heteroatoms. The van der Waals surface area contributed by atoms with Crippen LogP contribution in [0, 0.1) is 11.8 Å². The quantitative estimate of drug-likeness (QED) is 0.134. The lowest BCUT2D eigenvalue weighted by atomic mass is 9.81. The van der Waals surface area contributed by atoms with Crippen LogP contribution in [0.1, 0.15) is 102 Å². The molecule has 41 heavy (non-hydrogen) atoms. The van der Waals surface area contributed by atoms with E-state index in [0.717, 1.165) is 48.3 Å². The highest BCUT2D eigenvalue weighted by molar-refractivity contribution is 7.13. The summed E-state index contributed by atoms with van der Waals surface area (Å²) >= 11 is 1.48. The van der Waals surface area contributed by atoms with Crippen molar-refractivity contribution in [3.8, 4) is 5.75 Å². The largest absolute Gasteiger partial charge is 0.497 e. The van der Waals surface area contributed by atoms with Crippen LogP contribution in [-0.4, -0.2) is 26.0 Å². The molecule has 0 radical (unpaired) electrons. The molecule has 3 aromatic rings. The number of hydrogen-bond acceptors (Lipinski definition) is 6. The maximum Gasteiger partial charge on any atom is 0.348 e. The Morgan fingerprint density at radius 3 is 2.41 bits per heavy atom. The molecule has 1 heterocycles. The number of methoxy groups -OCH3 is 2. The molecule has 4 atom stereocenters. The number of unbranched alkanes of at least 4 members (excludes halogenated alkanes) is 2. The highest BCUT2D eigenvalue weighted by atomic mass is 32.1. The summed E-state index contributed by atoms with van der Waals surface area (Å²) in [6.07, 6.45) is 7.85. The SMILES string of the molecule is CCCCCC(OCc1ccc(OC)cc1)c1ccc([C@H]2[C@H](C)CC(=O)[C@@H]2CCCc2ccc(C(=O)OC)s2)cc1. The highest BCUT2D eigenvalue weighted by Gasteiger charge is 2.40. The van der Waals surface area contributed by atoms with Gasteiger partial charge >= 0.3 is 5.97 Å². The predicted octanol–water partition coefficient (Wildman–Crippen LogP) is 8.71. The molecular weight excluding hydrogens is 532 g/mol. The first-order valence-electron chi connectivity index (χ1n) is 15.0. The summed E-state index contributed by atoms with van der Waals surface area (Å²) < 4.78 is 16.6. The Morgan fingerprint density at radius 1 is 0.976 bits per heavy atom. The number of ketones is 1. The maximum absolute atomic E-state index is 13.0. The predicted molar refractivity (Wildman–Crippen MR) is 165 cm³/mol. The van der Waals surface area contributed by atoms with Crippen molar-refractivity contribution in [3.05, 3.63) is 87.1 Å². The summed E-state index contributed by atoms with van der Waals surface area (Å²) in [4.78, 5) is 26.6. The smallest absolute Gasteiger partial charge is 0.348 e. The fourth-order valence-electron chi connectivity index (χ4n) is 6.09. The van der Waals surface area contributed by atoms with Gasteiger partial charge in [0.25, 0.3) is 0 Å². The minimum Gasteiger partial charge on any atom is -0.497 e. The number of benzene rings is 2. The van der Waals surface area contributed by atoms with Gasteiger partial charge in [-0.1, -0.05) is 69.5 Å². The summed E-state index contributed by atoms with van der Waals surface area (Å²) in [6, 6.07) is 20.8. The van der Waals surface area contributed by atoms with Crippen molar-refractivity contribution in [3.63, 3.8) is 0 Å². The van der Waals surface area contributed by atoms with Crippen LogP contribution in [0.15, 0.2) is 60.7 Å². The van der Waals surface area contributed by atoms with Crippen molar-refractivity contribution in [1.29, 1.82) is 0 Å². The van der Waals surface area contributed by atoms with Gasteiger partial charge < -0.3 is 14.2 Å². The number of ether oxygens (including phenoxy) is 3. The molecule has 2 aromatic carbocycles. The molecule has 1 unspecified atom stereocenters. The average molecular weight is 577 g/mol. The van der Waals surface area contributed by atoms with Crippen LogP contribution in [0.5, 0.6) is 5.75 Å². The second-order valence-corrected chi connectivity index (χ2v) is 12.4. The first-order chi connectivity index (χ1) is 19.9. The first kappa shape index (κ1) is 31.0. The molecule has 1 aromatic heterocycles. The van der Waals surface area contributed by atoms with Crippen LogP contribution >= 0.6 is 11.3 Å². The van der Waals surface area contributed by atoms with E-state index in [0.29, 0.717) is 29.6 Å². The monoisotopic (exact) mass is 576 g/mol. The van der Waals surface area contributed by atoms with Crippen molar-refractivity contribution in [2.75, 3.05) is 14.2 Å². The molecule has 1 aliphatic rings. The fourth-order valence-corrected chi connectivity index (χ4v) is 7.06. The molecule has 1 fully saturated rings. The lowest BCUT2D eigenvalue weighted by Crippen LogP contribution is -2.16. The third kappa shape index (κ3) is 8.30. The average Bonchev–Trinajstić information content (AvgIpc) is 3.58. The second-order valence-electron chi connectivity index (χ2n) is 11.2. The number of esters is 1. The number of rotatable bonds is 15. The van der Waals surface area contributed by atoms with E-state index in [1.165, 1.54) is 42.4 Å². The van der Waals surface area contributed by atoms with Gasteiger partial charge in [-0.2, -0.15) is 0 Å². The van der Waals surface area contributed by atoms with Crippen LogP contribution in [-0.2, 0) is 27.3 Å². The van der Waals surface area contributed by atoms with Crippen LogP contribution in [0.2, 0.25) is 0 Å². The van der Waals surface area contributed by atoms with E-state index in [1.807, 2.05) is 24.3 Å². The summed E-state index contributed by atoms with van der Waals surface area (Å²) in [6.45, 7) is 5.00. The molecule has 0 amide bonds. The number of hydrogen-bond donors (Lipinski definition) is 0. The molecule has 1 aliphatic carbocycles. The standard InChI is InChI=1S/C35H44O5S/c1-5-6-7-11-32(40-23-25-12-18-28(38-3)19-13-25)26-14-16-27(17-15-26)34-24(2)22-31(36)30(34)10-8-9-29-20-21-33(41-29)35(37)39-4/h12-21,24,30,32,34H,5-11,22-23H2,1-4H3/t24-,30+,32?,34-/m1/s1. The Kier molecular flexibility index (Phi) is 11.6. The zero-order chi connectivity index (χ0) is 29.2. The normalized spacial score (nSPS) is 19.3. The Balaban J connectivity index is 1.40. The number of carbonyl (C=O) groups excluding carboxylic acids is 2. The van der Waals surface area contributed by atoms with E-state index >= 15 is 0 Å². The Hall–Kier alpha value is -2.96. The third-order valence-electron chi connectivity index (χ3n) is 8.34. The number of Topliss-reactive ketones (excluding diaryl/α,β-unsaturated/α-hetero) is 1. The lowest BCUT2D eigenvalue weighted by Gasteiger charge is -2.24. The lowest BCUT2D eigenvalue weighted by molar-refractivity contribution is -0.121. The molecule has 0 spiro atoms. The topological polar surface area (TPSA) is 61.8 Å². The number of thiophene rings is 1. The highest BCUT2D eigenvalue weighted by Crippen LogP contribution is 2.44. The summed E-state index contributed by atoms with van der Waals surface area (Å²) in [5, 5.41) is 0. The maximum atomic E-state index is 13.0. The molecule has 220 valence electrons. The molecule has 0 aliphatic heterocycles. The molecule has 1 saturated carbocycles. The summed E-state index contributed by atoms with van der Waals surface area (Å²) in [7, 11) is 3.08. The molecule has 0 N–H and O–H groups in total. The van der Waals surface area contributed by atoms with Gasteiger partial charge in [-0.05, 0) is 78.5 Å². The van der Waals surface area contributed by atoms with Gasteiger partial charge in [-0.3, -0.25) is 4.79 Å². The van der Waals surface area contributed by atoms with Crippen LogP contribution in [0.3, 0.4) is 0 Å². The van der Waals surface area contributed by atoms with Crippen molar-refractivity contribution < 1.29 is 23.8 Å². The Labute approximate surface area is 249 Å². The van der Waals surface area contributed by atoms with Gasteiger partial charge in [0, 0.05) is 17.2 Å². The molecule has 0 bridgehead atoms. The van der Waals surface area contributed by atoms with E-state index < -0.39 is 0 Å². The summed E-state index contributed by atoms with van der Waals surface area (Å²) in [5.74, 6) is 1.56. The zero-order valence-corrected chi connectivity index (χ0v) is 25.7. The van der Waals surface area contributed by atoms with E-state index in [1.54, 1.807) is 7.11 Å². The van der Waals surface area contributed by atoms with Gasteiger partial charge in [0.2, 0.25) is 0 Å². The van der Waals surface area contributed by atoms with Gasteiger partial charge in [0.15, 0.2) is 0 Å². The Bertz CT molecular complexity index is 1250. The van der Waals surface area contributed by atoms with Gasteiger partial charge in [0.05, 0.1) is 26.9 Å². The van der Waals surface area contributed by atoms with Gasteiger partial charge in [0.1, 0.15) is 16.4 Å². The van der Waals surface area contributed by atoms with Gasteiger partial charge in [-0.25, -0.2) is 4.79 Å². The van der Waals surface area contributed by atoms with Crippen molar-refractivity contribution in [2.45, 2.75) is 83.8 Å². The van der Waals surface area contributed by atoms with Crippen LogP contribution in [0.25, 0.3) is 0 Å². The molecule has 0 saturated heterocycles. The molecule has 4 rings (SSSR count).